The van der Waals surface area contributed by atoms with Gasteiger partial charge in [0.05, 0.1) is 0 Å². The predicted octanol–water partition coefficient (Wildman–Crippen LogP) is 3.01. The van der Waals surface area contributed by atoms with E-state index in [1.165, 1.54) is 45.2 Å². The first-order valence-electron chi connectivity index (χ1n) is 7.31. The Balaban J connectivity index is 1.99. The van der Waals surface area contributed by atoms with Crippen molar-refractivity contribution in [1.82, 2.24) is 4.90 Å². The van der Waals surface area contributed by atoms with Crippen molar-refractivity contribution in [2.75, 3.05) is 13.1 Å². The van der Waals surface area contributed by atoms with Crippen LogP contribution >= 0.6 is 0 Å². The highest BCUT2D eigenvalue weighted by Crippen LogP contribution is 2.40. The van der Waals surface area contributed by atoms with E-state index in [9.17, 15) is 0 Å². The molecule has 0 spiro atoms. The van der Waals surface area contributed by atoms with E-state index in [1.54, 1.807) is 0 Å². The Morgan fingerprint density at radius 2 is 1.71 bits per heavy atom. The first-order valence-corrected chi connectivity index (χ1v) is 7.31. The summed E-state index contributed by atoms with van der Waals surface area (Å²) in [5.74, 6) is 0. The summed E-state index contributed by atoms with van der Waals surface area (Å²) >= 11 is 0. The minimum absolute atomic E-state index is 0.340. The van der Waals surface area contributed by atoms with Crippen molar-refractivity contribution in [2.24, 2.45) is 16.6 Å². The molecule has 0 aromatic carbocycles. The Labute approximate surface area is 107 Å². The second-order valence-corrected chi connectivity index (χ2v) is 7.67. The Morgan fingerprint density at radius 1 is 1.00 bits per heavy atom. The molecule has 0 aromatic rings. The third-order valence-corrected chi connectivity index (χ3v) is 5.25. The lowest BCUT2D eigenvalue weighted by molar-refractivity contribution is 0.164. The van der Waals surface area contributed by atoms with Crippen LogP contribution in [0, 0.1) is 10.8 Å². The zero-order valence-electron chi connectivity index (χ0n) is 12.1. The molecule has 2 N–H and O–H groups in total. The molecule has 2 unspecified atom stereocenters. The molecular formula is C15H30N2. The number of hydrogen-bond acceptors (Lipinski definition) is 2. The van der Waals surface area contributed by atoms with Gasteiger partial charge < -0.3 is 5.73 Å². The van der Waals surface area contributed by atoms with Crippen LogP contribution in [0.2, 0.25) is 0 Å². The SMILES string of the molecule is CC1(C)CCCN(C2CCC(C)(C)C2N)CC1. The Kier molecular flexibility index (Phi) is 3.57. The van der Waals surface area contributed by atoms with Gasteiger partial charge in [-0.15, -0.1) is 0 Å². The molecule has 1 aliphatic carbocycles. The zero-order valence-corrected chi connectivity index (χ0v) is 12.1. The molecule has 2 aliphatic rings. The van der Waals surface area contributed by atoms with E-state index in [-0.39, 0.29) is 0 Å². The van der Waals surface area contributed by atoms with Crippen LogP contribution in [-0.4, -0.2) is 30.1 Å². The van der Waals surface area contributed by atoms with E-state index in [0.29, 0.717) is 22.9 Å². The lowest BCUT2D eigenvalue weighted by Gasteiger charge is -2.34. The van der Waals surface area contributed by atoms with Crippen LogP contribution < -0.4 is 5.73 Å². The molecule has 2 heteroatoms. The minimum atomic E-state index is 0.340. The normalized spacial score (nSPS) is 37.9. The maximum Gasteiger partial charge on any atom is 0.0252 e. The van der Waals surface area contributed by atoms with Gasteiger partial charge in [0.2, 0.25) is 0 Å². The van der Waals surface area contributed by atoms with Crippen molar-refractivity contribution in [1.29, 1.82) is 0 Å². The third kappa shape index (κ3) is 2.85. The largest absolute Gasteiger partial charge is 0.326 e. The number of nitrogens with zero attached hydrogens (tertiary/aromatic N) is 1. The van der Waals surface area contributed by atoms with Gasteiger partial charge in [0.25, 0.3) is 0 Å². The molecule has 0 aromatic heterocycles. The van der Waals surface area contributed by atoms with Gasteiger partial charge in [-0.1, -0.05) is 27.7 Å². The van der Waals surface area contributed by atoms with Gasteiger partial charge in [0.1, 0.15) is 0 Å². The van der Waals surface area contributed by atoms with Gasteiger partial charge >= 0.3 is 0 Å². The van der Waals surface area contributed by atoms with Crippen molar-refractivity contribution in [3.05, 3.63) is 0 Å². The average molecular weight is 238 g/mol. The van der Waals surface area contributed by atoms with Gasteiger partial charge in [-0.2, -0.15) is 0 Å². The molecule has 0 radical (unpaired) electrons. The van der Waals surface area contributed by atoms with Crippen molar-refractivity contribution >= 4 is 0 Å². The maximum absolute atomic E-state index is 6.46. The molecule has 1 saturated heterocycles. The van der Waals surface area contributed by atoms with Crippen LogP contribution in [0.15, 0.2) is 0 Å². The smallest absolute Gasteiger partial charge is 0.0252 e. The number of rotatable bonds is 1. The standard InChI is InChI=1S/C15H30N2/c1-14(2)7-5-10-17(11-9-14)12-6-8-15(3,4)13(12)16/h12-13H,5-11,16H2,1-4H3. The van der Waals surface area contributed by atoms with Crippen LogP contribution in [-0.2, 0) is 0 Å². The summed E-state index contributed by atoms with van der Waals surface area (Å²) in [6, 6.07) is 1.00. The minimum Gasteiger partial charge on any atom is -0.326 e. The van der Waals surface area contributed by atoms with Crippen LogP contribution in [0.3, 0.4) is 0 Å². The number of likely N-dealkylation sites (tertiary alicyclic amines) is 1. The molecule has 0 bridgehead atoms. The van der Waals surface area contributed by atoms with Crippen molar-refractivity contribution < 1.29 is 0 Å². The number of nitrogens with two attached hydrogens (primary N) is 1. The average Bonchev–Trinajstić information content (AvgIpc) is 2.40. The zero-order chi connectivity index (χ0) is 12.7. The van der Waals surface area contributed by atoms with E-state index >= 15 is 0 Å². The molecule has 1 heterocycles. The Hall–Kier alpha value is -0.0800. The van der Waals surface area contributed by atoms with Gasteiger partial charge in [-0.05, 0) is 56.0 Å². The fraction of sp³-hybridized carbons (Fsp3) is 1.00. The van der Waals surface area contributed by atoms with Crippen LogP contribution in [0.25, 0.3) is 0 Å². The van der Waals surface area contributed by atoms with Crippen LogP contribution in [0.4, 0.5) is 0 Å². The summed E-state index contributed by atoms with van der Waals surface area (Å²) in [6.45, 7) is 12.0. The van der Waals surface area contributed by atoms with E-state index in [4.69, 9.17) is 5.73 Å². The van der Waals surface area contributed by atoms with Crippen LogP contribution in [0.1, 0.15) is 59.8 Å². The fourth-order valence-electron chi connectivity index (χ4n) is 3.57. The predicted molar refractivity (Wildman–Crippen MR) is 74.0 cm³/mol. The van der Waals surface area contributed by atoms with Gasteiger partial charge in [0, 0.05) is 12.1 Å². The second kappa shape index (κ2) is 4.55. The van der Waals surface area contributed by atoms with Gasteiger partial charge in [-0.25, -0.2) is 0 Å². The fourth-order valence-corrected chi connectivity index (χ4v) is 3.57. The van der Waals surface area contributed by atoms with Crippen molar-refractivity contribution in [3.8, 4) is 0 Å². The van der Waals surface area contributed by atoms with Crippen molar-refractivity contribution in [3.63, 3.8) is 0 Å². The summed E-state index contributed by atoms with van der Waals surface area (Å²) in [7, 11) is 0. The molecule has 2 nitrogen and oxygen atoms in total. The molecular weight excluding hydrogens is 208 g/mol. The van der Waals surface area contributed by atoms with E-state index in [2.05, 4.69) is 32.6 Å². The highest BCUT2D eigenvalue weighted by molar-refractivity contribution is 4.99. The topological polar surface area (TPSA) is 29.3 Å². The van der Waals surface area contributed by atoms with Gasteiger partial charge in [-0.3, -0.25) is 4.90 Å². The van der Waals surface area contributed by atoms with Gasteiger partial charge in [0.15, 0.2) is 0 Å². The molecule has 0 amide bonds. The second-order valence-electron chi connectivity index (χ2n) is 7.67. The lowest BCUT2D eigenvalue weighted by Crippen LogP contribution is -2.49. The molecule has 1 saturated carbocycles. The highest BCUT2D eigenvalue weighted by Gasteiger charge is 2.42. The molecule has 2 fully saturated rings. The monoisotopic (exact) mass is 238 g/mol. The first-order chi connectivity index (χ1) is 7.82. The molecule has 1 aliphatic heterocycles. The summed E-state index contributed by atoms with van der Waals surface area (Å²) in [6.07, 6.45) is 6.63. The van der Waals surface area contributed by atoms with E-state index < -0.39 is 0 Å². The first kappa shape index (κ1) is 13.4. The Morgan fingerprint density at radius 3 is 2.29 bits per heavy atom. The summed E-state index contributed by atoms with van der Waals surface area (Å²) < 4.78 is 0. The molecule has 100 valence electrons. The quantitative estimate of drug-likeness (QED) is 0.761. The summed E-state index contributed by atoms with van der Waals surface area (Å²) in [5.41, 5.74) is 7.34. The third-order valence-electron chi connectivity index (χ3n) is 5.25. The Bertz CT molecular complexity index is 270. The highest BCUT2D eigenvalue weighted by atomic mass is 15.2. The van der Waals surface area contributed by atoms with Crippen LogP contribution in [0.5, 0.6) is 0 Å². The maximum atomic E-state index is 6.46. The number of hydrogen-bond donors (Lipinski definition) is 1. The molecule has 2 atom stereocenters. The summed E-state index contributed by atoms with van der Waals surface area (Å²) in [4.78, 5) is 2.69. The molecule has 17 heavy (non-hydrogen) atoms. The van der Waals surface area contributed by atoms with E-state index in [1.807, 2.05) is 0 Å². The lowest BCUT2D eigenvalue weighted by atomic mass is 9.85. The van der Waals surface area contributed by atoms with Crippen molar-refractivity contribution in [2.45, 2.75) is 71.9 Å². The molecule has 2 rings (SSSR count). The summed E-state index contributed by atoms with van der Waals surface area (Å²) in [5, 5.41) is 0. The van der Waals surface area contributed by atoms with E-state index in [0.717, 1.165) is 0 Å².